The molecule has 0 bridgehead atoms. The van der Waals surface area contributed by atoms with Crippen LogP contribution in [-0.4, -0.2) is 43.0 Å². The van der Waals surface area contributed by atoms with Gasteiger partial charge in [-0.25, -0.2) is 0 Å². The molecular weight excluding hydrogens is 788 g/mol. The molecule has 6 aliphatic heterocycles. The van der Waals surface area contributed by atoms with E-state index in [2.05, 4.69) is 190 Å². The summed E-state index contributed by atoms with van der Waals surface area (Å²) < 4.78 is 23.8. The van der Waals surface area contributed by atoms with Gasteiger partial charge in [-0.3, -0.25) is 0 Å². The molecule has 63 heavy (non-hydrogen) atoms. The van der Waals surface area contributed by atoms with Crippen LogP contribution in [0.1, 0.15) is 89.3 Å². The molecule has 12 rings (SSSR count). The van der Waals surface area contributed by atoms with Crippen LogP contribution in [0.4, 0.5) is 0 Å². The third-order valence-electron chi connectivity index (χ3n) is 14.4. The van der Waals surface area contributed by atoms with Crippen molar-refractivity contribution in [3.05, 3.63) is 221 Å². The lowest BCUT2D eigenvalue weighted by molar-refractivity contribution is -0.834. The maximum absolute atomic E-state index is 13.0. The first-order valence-electron chi connectivity index (χ1n) is 22.4. The SMILES string of the molecule is Cc1cc(C)c(C2=C3C=CC4=[N+]3C35n6c2ccc6C(c2c(C)cc(C)cc2C)=C2C=CC(=[N+]23)C(c2c(C)cc(C)cc2C)=c2ccc(n25)=C4c2ccc(CP(C)(C)=O)cc2)c(C)c1. The summed E-state index contributed by atoms with van der Waals surface area (Å²) in [6, 6.07) is 32.6. The lowest BCUT2D eigenvalue weighted by Gasteiger charge is -2.41. The van der Waals surface area contributed by atoms with Gasteiger partial charge in [-0.15, -0.1) is 0 Å². The van der Waals surface area contributed by atoms with Crippen molar-refractivity contribution in [2.75, 3.05) is 13.3 Å². The molecule has 0 fully saturated rings. The summed E-state index contributed by atoms with van der Waals surface area (Å²) >= 11 is 0. The number of hydrogen-bond donors (Lipinski definition) is 0. The molecule has 2 aromatic heterocycles. The molecule has 6 heteroatoms. The fourth-order valence-corrected chi connectivity index (χ4v) is 13.8. The highest BCUT2D eigenvalue weighted by atomic mass is 31.2. The number of benzene rings is 4. The standard InChI is InChI=1S/C57H53N4OP/c1-31-24-34(4)50(35(5)25-31)54-44-18-16-42-53(41-14-12-40(13-15-41)30-63(10,11)62)43-17-19-45-55(51-36(6)26-32(2)27-37(51)7)47-21-23-49-56(52-38(8)28-33(3)29-39(52)9)48-22-20-46(54)60(48)57(58(42)44,59(43)45)61(47)49/h12-29H,30H2,1-11H3/q+2. The summed E-state index contributed by atoms with van der Waals surface area (Å²) in [6.45, 7) is 24.1. The average Bonchev–Trinajstić information content (AvgIpc) is 4.01. The van der Waals surface area contributed by atoms with Crippen LogP contribution in [0.5, 0.6) is 0 Å². The van der Waals surface area contributed by atoms with Gasteiger partial charge in [0.1, 0.15) is 0 Å². The second-order valence-electron chi connectivity index (χ2n) is 19.6. The molecule has 1 unspecified atom stereocenters. The lowest BCUT2D eigenvalue weighted by Crippen LogP contribution is -2.71. The van der Waals surface area contributed by atoms with Crippen molar-refractivity contribution in [3.63, 3.8) is 0 Å². The molecule has 1 spiro atoms. The predicted molar refractivity (Wildman–Crippen MR) is 259 cm³/mol. The number of aromatic nitrogens is 2. The summed E-state index contributed by atoms with van der Waals surface area (Å²) in [5, 5.41) is 2.39. The van der Waals surface area contributed by atoms with E-state index in [1.165, 1.54) is 134 Å². The van der Waals surface area contributed by atoms with Crippen LogP contribution in [0.3, 0.4) is 0 Å². The highest BCUT2D eigenvalue weighted by molar-refractivity contribution is 7.61. The fourth-order valence-electron chi connectivity index (χ4n) is 12.7. The smallest absolute Gasteiger partial charge is 0.324 e. The van der Waals surface area contributed by atoms with E-state index in [0.29, 0.717) is 6.16 Å². The van der Waals surface area contributed by atoms with Gasteiger partial charge in [-0.2, -0.15) is 9.13 Å². The highest BCUT2D eigenvalue weighted by Crippen LogP contribution is 2.54. The van der Waals surface area contributed by atoms with Gasteiger partial charge < -0.3 is 4.57 Å². The van der Waals surface area contributed by atoms with Gasteiger partial charge in [-0.1, -0.05) is 86.5 Å². The molecule has 1 atom stereocenters. The van der Waals surface area contributed by atoms with Crippen molar-refractivity contribution in [1.29, 1.82) is 0 Å². The van der Waals surface area contributed by atoms with Gasteiger partial charge in [0.15, 0.2) is 0 Å². The lowest BCUT2D eigenvalue weighted by atomic mass is 9.87. The maximum atomic E-state index is 13.0. The van der Waals surface area contributed by atoms with Crippen molar-refractivity contribution >= 4 is 40.9 Å². The van der Waals surface area contributed by atoms with E-state index < -0.39 is 13.1 Å². The van der Waals surface area contributed by atoms with Crippen LogP contribution in [0.2, 0.25) is 0 Å². The quantitative estimate of drug-likeness (QED) is 0.122. The number of nitrogens with zero attached hydrogens (tertiary/aromatic N) is 4. The molecular formula is C57H53N4OP+2. The minimum absolute atomic E-state index is 0.588. The second-order valence-corrected chi connectivity index (χ2v) is 23.1. The van der Waals surface area contributed by atoms with Gasteiger partial charge in [0.05, 0.1) is 51.5 Å². The first-order valence-corrected chi connectivity index (χ1v) is 25.1. The number of rotatable bonds is 6. The van der Waals surface area contributed by atoms with Crippen LogP contribution >= 0.6 is 7.14 Å². The molecule has 0 saturated carbocycles. The summed E-state index contributed by atoms with van der Waals surface area (Å²) in [6.07, 6.45) is 10.2. The van der Waals surface area contributed by atoms with Crippen molar-refractivity contribution in [3.8, 4) is 0 Å². The zero-order valence-electron chi connectivity index (χ0n) is 38.2. The normalized spacial score (nSPS) is 18.8. The Morgan fingerprint density at radius 1 is 0.476 bits per heavy atom. The van der Waals surface area contributed by atoms with E-state index in [-0.39, 0.29) is 0 Å². The largest absolute Gasteiger partial charge is 0.553 e. The summed E-state index contributed by atoms with van der Waals surface area (Å²) in [5.41, 5.74) is 29.9. The Labute approximate surface area is 370 Å². The van der Waals surface area contributed by atoms with E-state index in [0.717, 1.165) is 11.1 Å². The number of aryl methyl sites for hydroxylation is 9. The number of hydrogen-bond acceptors (Lipinski definition) is 1. The van der Waals surface area contributed by atoms with Crippen LogP contribution < -0.4 is 10.7 Å². The molecule has 0 saturated heterocycles. The Morgan fingerprint density at radius 2 is 0.873 bits per heavy atom. The molecule has 6 aromatic rings. The molecule has 6 aliphatic rings. The van der Waals surface area contributed by atoms with Gasteiger partial charge in [0.2, 0.25) is 22.8 Å². The minimum atomic E-state index is -2.25. The van der Waals surface area contributed by atoms with E-state index in [1.807, 2.05) is 13.3 Å². The third kappa shape index (κ3) is 4.92. The van der Waals surface area contributed by atoms with E-state index in [4.69, 9.17) is 0 Å². The Morgan fingerprint density at radius 3 is 1.30 bits per heavy atom. The minimum Gasteiger partial charge on any atom is -0.324 e. The Kier molecular flexibility index (Phi) is 7.72. The zero-order chi connectivity index (χ0) is 43.8. The Hall–Kier alpha value is -6.29. The molecule has 0 radical (unpaired) electrons. The highest BCUT2D eigenvalue weighted by Gasteiger charge is 2.73. The molecule has 0 N–H and O–H groups in total. The summed E-state index contributed by atoms with van der Waals surface area (Å²) in [4.78, 5) is 0. The molecule has 310 valence electrons. The van der Waals surface area contributed by atoms with E-state index in [1.54, 1.807) is 0 Å². The summed E-state index contributed by atoms with van der Waals surface area (Å²) in [5.74, 6) is -0.854. The first-order chi connectivity index (χ1) is 30.1. The van der Waals surface area contributed by atoms with Crippen molar-refractivity contribution < 1.29 is 13.7 Å². The van der Waals surface area contributed by atoms with E-state index in [9.17, 15) is 4.57 Å². The topological polar surface area (TPSA) is 33.0 Å². The van der Waals surface area contributed by atoms with Gasteiger partial charge in [-0.05, 0) is 161 Å². The molecule has 0 aliphatic carbocycles. The van der Waals surface area contributed by atoms with Crippen LogP contribution in [0.25, 0.3) is 22.3 Å². The Balaban J connectivity index is 1.31. The third-order valence-corrected chi connectivity index (χ3v) is 15.5. The average molecular weight is 841 g/mol. The first kappa shape index (κ1) is 38.4. The van der Waals surface area contributed by atoms with Gasteiger partial charge in [0.25, 0.3) is 0 Å². The predicted octanol–water partition coefficient (Wildman–Crippen LogP) is 10.3. The molecule has 5 nitrogen and oxygen atoms in total. The van der Waals surface area contributed by atoms with Gasteiger partial charge >= 0.3 is 5.91 Å². The molecule has 8 heterocycles. The summed E-state index contributed by atoms with van der Waals surface area (Å²) in [7, 11) is -2.25. The van der Waals surface area contributed by atoms with Crippen molar-refractivity contribution in [1.82, 2.24) is 9.13 Å². The fraction of sp³-hybridized carbons (Fsp3) is 0.228. The van der Waals surface area contributed by atoms with Crippen molar-refractivity contribution in [2.45, 2.75) is 74.4 Å². The van der Waals surface area contributed by atoms with Gasteiger partial charge in [0, 0.05) is 30.5 Å². The van der Waals surface area contributed by atoms with Crippen LogP contribution in [0.15, 0.2) is 121 Å². The Bertz CT molecular complexity index is 3520. The van der Waals surface area contributed by atoms with E-state index >= 15 is 0 Å². The zero-order valence-corrected chi connectivity index (χ0v) is 39.1. The van der Waals surface area contributed by atoms with Crippen LogP contribution in [0, 0.1) is 62.3 Å². The molecule has 4 aromatic carbocycles. The maximum Gasteiger partial charge on any atom is 0.553 e. The van der Waals surface area contributed by atoms with Crippen LogP contribution in [-0.2, 0) is 16.6 Å². The van der Waals surface area contributed by atoms with Crippen molar-refractivity contribution in [2.24, 2.45) is 0 Å². The monoisotopic (exact) mass is 840 g/mol. The number of allylic oxidation sites excluding steroid dienone is 4. The molecule has 0 amide bonds. The second kappa shape index (κ2) is 12.7.